The van der Waals surface area contributed by atoms with E-state index in [-0.39, 0.29) is 48.7 Å². The zero-order valence-electron chi connectivity index (χ0n) is 18.3. The number of anilines is 1. The highest BCUT2D eigenvalue weighted by Crippen LogP contribution is 2.34. The number of rotatable bonds is 7. The summed E-state index contributed by atoms with van der Waals surface area (Å²) in [6, 6.07) is 10.1. The summed E-state index contributed by atoms with van der Waals surface area (Å²) in [7, 11) is -3.83. The molecule has 1 fully saturated rings. The van der Waals surface area contributed by atoms with Crippen LogP contribution in [0.2, 0.25) is 0 Å². The molecule has 0 spiro atoms. The predicted molar refractivity (Wildman–Crippen MR) is 117 cm³/mol. The second-order valence-corrected chi connectivity index (χ2v) is 9.52. The highest BCUT2D eigenvalue weighted by atomic mass is 32.2. The third-order valence-corrected chi connectivity index (χ3v) is 7.29. The molecule has 3 rings (SSSR count). The van der Waals surface area contributed by atoms with E-state index in [1.54, 1.807) is 6.92 Å². The molecule has 0 saturated carbocycles. The first-order valence-corrected chi connectivity index (χ1v) is 12.0. The molecule has 2 aromatic carbocycles. The molecular weight excluding hydrogens is 475 g/mol. The fourth-order valence-electron chi connectivity index (χ4n) is 3.56. The predicted octanol–water partition coefficient (Wildman–Crippen LogP) is 3.43. The van der Waals surface area contributed by atoms with Crippen LogP contribution in [0.5, 0.6) is 0 Å². The number of hydrogen-bond donors (Lipinski definition) is 2. The lowest BCUT2D eigenvalue weighted by atomic mass is 9.97. The van der Waals surface area contributed by atoms with E-state index in [1.807, 2.05) is 0 Å². The highest BCUT2D eigenvalue weighted by molar-refractivity contribution is 7.89. The Morgan fingerprint density at radius 1 is 1.06 bits per heavy atom. The van der Waals surface area contributed by atoms with Crippen LogP contribution in [0.4, 0.5) is 18.9 Å². The molecule has 12 heteroatoms. The van der Waals surface area contributed by atoms with E-state index in [9.17, 15) is 31.2 Å². The molecule has 2 N–H and O–H groups in total. The van der Waals surface area contributed by atoms with Gasteiger partial charge in [0.05, 0.1) is 28.3 Å². The first-order valence-electron chi connectivity index (χ1n) is 10.5. The number of hydrazine groups is 1. The van der Waals surface area contributed by atoms with Gasteiger partial charge in [0, 0.05) is 19.0 Å². The molecule has 0 aromatic heterocycles. The van der Waals surface area contributed by atoms with Gasteiger partial charge in [0.2, 0.25) is 15.9 Å². The first-order chi connectivity index (χ1) is 16.0. The fourth-order valence-corrected chi connectivity index (χ4v) is 5.02. The van der Waals surface area contributed by atoms with E-state index in [0.717, 1.165) is 6.07 Å². The number of halogens is 3. The summed E-state index contributed by atoms with van der Waals surface area (Å²) in [5.74, 6) is -1.64. The second-order valence-electron chi connectivity index (χ2n) is 7.58. The van der Waals surface area contributed by atoms with Gasteiger partial charge in [-0.2, -0.15) is 17.5 Å². The standard InChI is InChI=1S/C22H24F3N3O5S/c1-2-33-21(30)16-7-9-17(10-8-16)34(31,32)28-13-11-15(12-14-28)20(29)27-26-19-6-4-3-5-18(19)22(23,24)25/h3-10,15,26H,2,11-14H2,1H3,(H,27,29). The van der Waals surface area contributed by atoms with Crippen LogP contribution >= 0.6 is 0 Å². The molecule has 1 saturated heterocycles. The summed E-state index contributed by atoms with van der Waals surface area (Å²) in [6.45, 7) is 2.00. The van der Waals surface area contributed by atoms with Gasteiger partial charge in [0.25, 0.3) is 0 Å². The van der Waals surface area contributed by atoms with Gasteiger partial charge in [-0.25, -0.2) is 13.2 Å². The molecule has 8 nitrogen and oxygen atoms in total. The number of para-hydroxylation sites is 1. The number of carbonyl (C=O) groups is 2. The van der Waals surface area contributed by atoms with Crippen LogP contribution in [0.1, 0.15) is 35.7 Å². The van der Waals surface area contributed by atoms with Gasteiger partial charge >= 0.3 is 12.1 Å². The number of esters is 1. The van der Waals surface area contributed by atoms with E-state index in [4.69, 9.17) is 4.74 Å². The number of hydrogen-bond acceptors (Lipinski definition) is 6. The molecule has 1 aliphatic heterocycles. The van der Waals surface area contributed by atoms with Gasteiger partial charge in [0.15, 0.2) is 0 Å². The van der Waals surface area contributed by atoms with Crippen molar-refractivity contribution in [2.45, 2.75) is 30.8 Å². The Morgan fingerprint density at radius 3 is 2.26 bits per heavy atom. The average Bonchev–Trinajstić information content (AvgIpc) is 2.82. The summed E-state index contributed by atoms with van der Waals surface area (Å²) in [4.78, 5) is 24.2. The Morgan fingerprint density at radius 2 is 1.68 bits per heavy atom. The van der Waals surface area contributed by atoms with Crippen LogP contribution in [0.25, 0.3) is 0 Å². The van der Waals surface area contributed by atoms with E-state index in [0.29, 0.717) is 0 Å². The summed E-state index contributed by atoms with van der Waals surface area (Å²) in [5, 5.41) is 0. The van der Waals surface area contributed by atoms with Crippen molar-refractivity contribution in [1.82, 2.24) is 9.73 Å². The second kappa shape index (κ2) is 10.4. The van der Waals surface area contributed by atoms with E-state index in [2.05, 4.69) is 10.9 Å². The maximum absolute atomic E-state index is 13.1. The zero-order valence-corrected chi connectivity index (χ0v) is 19.1. The number of amides is 1. The van der Waals surface area contributed by atoms with Crippen LogP contribution < -0.4 is 10.9 Å². The molecule has 0 radical (unpaired) electrons. The zero-order chi connectivity index (χ0) is 24.9. The largest absolute Gasteiger partial charge is 0.462 e. The van der Waals surface area contributed by atoms with Gasteiger partial charge in [-0.1, -0.05) is 12.1 Å². The first kappa shape index (κ1) is 25.5. The Balaban J connectivity index is 1.57. The van der Waals surface area contributed by atoms with Gasteiger partial charge in [0.1, 0.15) is 0 Å². The minimum atomic E-state index is -4.58. The minimum Gasteiger partial charge on any atom is -0.462 e. The molecule has 1 heterocycles. The molecule has 2 aromatic rings. The van der Waals surface area contributed by atoms with Crippen LogP contribution in [-0.2, 0) is 25.7 Å². The molecule has 1 amide bonds. The van der Waals surface area contributed by atoms with Crippen molar-refractivity contribution in [1.29, 1.82) is 0 Å². The van der Waals surface area contributed by atoms with Crippen LogP contribution in [-0.4, -0.2) is 44.3 Å². The number of sulfonamides is 1. The van der Waals surface area contributed by atoms with E-state index in [1.165, 1.54) is 46.8 Å². The van der Waals surface area contributed by atoms with Crippen molar-refractivity contribution in [3.8, 4) is 0 Å². The Bertz CT molecular complexity index is 1130. The smallest absolute Gasteiger partial charge is 0.418 e. The third kappa shape index (κ3) is 5.86. The highest BCUT2D eigenvalue weighted by Gasteiger charge is 2.34. The normalized spacial score (nSPS) is 15.5. The van der Waals surface area contributed by atoms with Crippen molar-refractivity contribution in [2.24, 2.45) is 5.92 Å². The summed E-state index contributed by atoms with van der Waals surface area (Å²) in [6.07, 6.45) is -4.17. The molecule has 0 aliphatic carbocycles. The van der Waals surface area contributed by atoms with Crippen molar-refractivity contribution in [3.63, 3.8) is 0 Å². The lowest BCUT2D eigenvalue weighted by Crippen LogP contribution is -2.44. The Hall–Kier alpha value is -3.12. The van der Waals surface area contributed by atoms with Crippen molar-refractivity contribution >= 4 is 27.6 Å². The molecule has 1 aliphatic rings. The monoisotopic (exact) mass is 499 g/mol. The number of benzene rings is 2. The summed E-state index contributed by atoms with van der Waals surface area (Å²) < 4.78 is 71.2. The van der Waals surface area contributed by atoms with Gasteiger partial charge in [-0.3, -0.25) is 15.6 Å². The maximum atomic E-state index is 13.1. The van der Waals surface area contributed by atoms with E-state index >= 15 is 0 Å². The Kier molecular flexibility index (Phi) is 7.82. The lowest BCUT2D eigenvalue weighted by Gasteiger charge is -2.30. The van der Waals surface area contributed by atoms with Crippen molar-refractivity contribution < 1.29 is 35.9 Å². The van der Waals surface area contributed by atoms with Crippen molar-refractivity contribution in [3.05, 3.63) is 59.7 Å². The number of ether oxygens (including phenoxy) is 1. The van der Waals surface area contributed by atoms with Crippen LogP contribution in [0.15, 0.2) is 53.4 Å². The minimum absolute atomic E-state index is 0.00822. The number of nitrogens with zero attached hydrogens (tertiary/aromatic N) is 1. The fraction of sp³-hybridized carbons (Fsp3) is 0.364. The number of nitrogens with one attached hydrogen (secondary N) is 2. The maximum Gasteiger partial charge on any atom is 0.418 e. The van der Waals surface area contributed by atoms with Crippen molar-refractivity contribution in [2.75, 3.05) is 25.1 Å². The lowest BCUT2D eigenvalue weighted by molar-refractivity contribution is -0.137. The number of carbonyl (C=O) groups excluding carboxylic acids is 2. The molecule has 34 heavy (non-hydrogen) atoms. The molecular formula is C22H24F3N3O5S. The van der Waals surface area contributed by atoms with Crippen LogP contribution in [0, 0.1) is 5.92 Å². The topological polar surface area (TPSA) is 105 Å². The quantitative estimate of drug-likeness (QED) is 0.447. The Labute approximate surface area is 195 Å². The SMILES string of the molecule is CCOC(=O)c1ccc(S(=O)(=O)N2CCC(C(=O)NNc3ccccc3C(F)(F)F)CC2)cc1. The van der Waals surface area contributed by atoms with Gasteiger partial charge in [-0.05, 0) is 56.2 Å². The molecule has 0 atom stereocenters. The average molecular weight is 500 g/mol. The van der Waals surface area contributed by atoms with Gasteiger partial charge in [-0.15, -0.1) is 0 Å². The molecule has 0 unspecified atom stereocenters. The summed E-state index contributed by atoms with van der Waals surface area (Å²) in [5.41, 5.74) is 3.65. The van der Waals surface area contributed by atoms with Gasteiger partial charge < -0.3 is 4.74 Å². The molecule has 184 valence electrons. The number of alkyl halides is 3. The number of piperidine rings is 1. The third-order valence-electron chi connectivity index (χ3n) is 5.38. The molecule has 0 bridgehead atoms. The van der Waals surface area contributed by atoms with E-state index < -0.39 is 39.6 Å². The summed E-state index contributed by atoms with van der Waals surface area (Å²) >= 11 is 0. The van der Waals surface area contributed by atoms with Crippen LogP contribution in [0.3, 0.4) is 0 Å².